The van der Waals surface area contributed by atoms with E-state index in [-0.39, 0.29) is 11.0 Å². The Balaban J connectivity index is 1.68. The average molecular weight is 301 g/mol. The maximum Gasteiger partial charge on any atom is 0.128 e. The van der Waals surface area contributed by atoms with Crippen molar-refractivity contribution < 1.29 is 0 Å². The molecule has 1 aromatic carbocycles. The van der Waals surface area contributed by atoms with E-state index in [1.165, 1.54) is 23.4 Å². The smallest absolute Gasteiger partial charge is 0.128 e. The molecule has 0 bridgehead atoms. The van der Waals surface area contributed by atoms with Crippen LogP contribution < -0.4 is 5.32 Å². The van der Waals surface area contributed by atoms with Gasteiger partial charge < -0.3 is 5.32 Å². The van der Waals surface area contributed by atoms with Crippen LogP contribution in [-0.4, -0.2) is 22.3 Å². The van der Waals surface area contributed by atoms with Gasteiger partial charge in [0.25, 0.3) is 0 Å². The first-order chi connectivity index (χ1) is 10.00. The molecule has 4 heteroatoms. The SMILES string of the molecule is CC(C)(C)NCCc1nnc(C2(c3ccccc3)CC2)s1. The van der Waals surface area contributed by atoms with E-state index in [9.17, 15) is 0 Å². The third-order valence-electron chi connectivity index (χ3n) is 3.95. The molecule has 1 fully saturated rings. The lowest BCUT2D eigenvalue weighted by Gasteiger charge is -2.19. The van der Waals surface area contributed by atoms with Crippen LogP contribution in [0.3, 0.4) is 0 Å². The van der Waals surface area contributed by atoms with E-state index < -0.39 is 0 Å². The molecule has 3 rings (SSSR count). The molecule has 1 N–H and O–H groups in total. The van der Waals surface area contributed by atoms with Crippen molar-refractivity contribution in [1.29, 1.82) is 0 Å². The van der Waals surface area contributed by atoms with Crippen LogP contribution in [0.1, 0.15) is 49.2 Å². The van der Waals surface area contributed by atoms with Crippen LogP contribution in [0.5, 0.6) is 0 Å². The van der Waals surface area contributed by atoms with E-state index in [1.807, 2.05) is 0 Å². The van der Waals surface area contributed by atoms with Gasteiger partial charge >= 0.3 is 0 Å². The number of nitrogens with zero attached hydrogens (tertiary/aromatic N) is 2. The lowest BCUT2D eigenvalue weighted by molar-refractivity contribution is 0.429. The van der Waals surface area contributed by atoms with Gasteiger partial charge in [0.2, 0.25) is 0 Å². The molecule has 1 heterocycles. The van der Waals surface area contributed by atoms with Gasteiger partial charge in [-0.3, -0.25) is 0 Å². The van der Waals surface area contributed by atoms with Crippen molar-refractivity contribution in [2.45, 2.75) is 51.0 Å². The van der Waals surface area contributed by atoms with E-state index >= 15 is 0 Å². The molecule has 0 spiro atoms. The van der Waals surface area contributed by atoms with E-state index in [1.54, 1.807) is 11.3 Å². The first-order valence-corrected chi connectivity index (χ1v) is 8.45. The van der Waals surface area contributed by atoms with E-state index in [0.29, 0.717) is 0 Å². The molecule has 0 saturated heterocycles. The minimum absolute atomic E-state index is 0.161. The lowest BCUT2D eigenvalue weighted by Crippen LogP contribution is -2.37. The first-order valence-electron chi connectivity index (χ1n) is 7.63. The molecule has 112 valence electrons. The van der Waals surface area contributed by atoms with Crippen LogP contribution in [0.4, 0.5) is 0 Å². The van der Waals surface area contributed by atoms with Crippen molar-refractivity contribution in [3.8, 4) is 0 Å². The molecule has 0 atom stereocenters. The molecule has 21 heavy (non-hydrogen) atoms. The molecule has 0 radical (unpaired) electrons. The summed E-state index contributed by atoms with van der Waals surface area (Å²) in [6, 6.07) is 10.7. The number of benzene rings is 1. The summed E-state index contributed by atoms with van der Waals surface area (Å²) in [7, 11) is 0. The van der Waals surface area contributed by atoms with Crippen molar-refractivity contribution in [3.63, 3.8) is 0 Å². The summed E-state index contributed by atoms with van der Waals surface area (Å²) in [5, 5.41) is 14.7. The van der Waals surface area contributed by atoms with Gasteiger partial charge in [-0.15, -0.1) is 21.5 Å². The summed E-state index contributed by atoms with van der Waals surface area (Å²) in [6.45, 7) is 7.52. The first kappa shape index (κ1) is 14.7. The molecule has 1 aliphatic rings. The normalized spacial score (nSPS) is 16.9. The van der Waals surface area contributed by atoms with Gasteiger partial charge in [-0.05, 0) is 39.2 Å². The number of hydrogen-bond acceptors (Lipinski definition) is 4. The molecule has 0 unspecified atom stereocenters. The highest BCUT2D eigenvalue weighted by molar-refractivity contribution is 7.11. The summed E-state index contributed by atoms with van der Waals surface area (Å²) in [5.74, 6) is 0. The van der Waals surface area contributed by atoms with Crippen molar-refractivity contribution >= 4 is 11.3 Å². The highest BCUT2D eigenvalue weighted by Crippen LogP contribution is 2.54. The van der Waals surface area contributed by atoms with E-state index in [0.717, 1.165) is 18.0 Å². The van der Waals surface area contributed by atoms with E-state index in [4.69, 9.17) is 0 Å². The summed E-state index contributed by atoms with van der Waals surface area (Å²) in [6.07, 6.45) is 3.36. The fraction of sp³-hybridized carbons (Fsp3) is 0.529. The third-order valence-corrected chi connectivity index (χ3v) is 5.13. The van der Waals surface area contributed by atoms with Crippen LogP contribution in [0.2, 0.25) is 0 Å². The van der Waals surface area contributed by atoms with Gasteiger partial charge in [0, 0.05) is 23.9 Å². The zero-order chi connectivity index (χ0) is 14.9. The minimum atomic E-state index is 0.161. The Kier molecular flexibility index (Phi) is 3.84. The number of aromatic nitrogens is 2. The van der Waals surface area contributed by atoms with Crippen molar-refractivity contribution in [3.05, 3.63) is 45.9 Å². The molecule has 1 saturated carbocycles. The Morgan fingerprint density at radius 1 is 1.14 bits per heavy atom. The van der Waals surface area contributed by atoms with Gasteiger partial charge in [0.05, 0.1) is 0 Å². The number of nitrogens with one attached hydrogen (secondary N) is 1. The minimum Gasteiger partial charge on any atom is -0.312 e. The Morgan fingerprint density at radius 3 is 2.48 bits per heavy atom. The second kappa shape index (κ2) is 5.50. The van der Waals surface area contributed by atoms with Crippen molar-refractivity contribution in [2.24, 2.45) is 0 Å². The Bertz CT molecular complexity index is 594. The second-order valence-corrected chi connectivity index (χ2v) is 7.94. The largest absolute Gasteiger partial charge is 0.312 e. The maximum absolute atomic E-state index is 4.48. The highest BCUT2D eigenvalue weighted by Gasteiger charge is 2.48. The fourth-order valence-electron chi connectivity index (χ4n) is 2.60. The second-order valence-electron chi connectivity index (χ2n) is 6.88. The lowest BCUT2D eigenvalue weighted by atomic mass is 9.97. The van der Waals surface area contributed by atoms with Crippen LogP contribution in [0.15, 0.2) is 30.3 Å². The van der Waals surface area contributed by atoms with Crippen LogP contribution >= 0.6 is 11.3 Å². The predicted molar refractivity (Wildman–Crippen MR) is 87.8 cm³/mol. The molecule has 0 amide bonds. The van der Waals surface area contributed by atoms with Crippen LogP contribution in [0, 0.1) is 0 Å². The molecule has 1 aromatic heterocycles. The molecular weight excluding hydrogens is 278 g/mol. The molecular formula is C17H23N3S. The predicted octanol–water partition coefficient (Wildman–Crippen LogP) is 3.55. The Hall–Kier alpha value is -1.26. The van der Waals surface area contributed by atoms with Gasteiger partial charge in [0.1, 0.15) is 10.0 Å². The monoisotopic (exact) mass is 301 g/mol. The third kappa shape index (κ3) is 3.33. The zero-order valence-corrected chi connectivity index (χ0v) is 13.8. The summed E-state index contributed by atoms with van der Waals surface area (Å²) < 4.78 is 0. The summed E-state index contributed by atoms with van der Waals surface area (Å²) in [5.41, 5.74) is 1.71. The quantitative estimate of drug-likeness (QED) is 0.918. The zero-order valence-electron chi connectivity index (χ0n) is 13.0. The standard InChI is InChI=1S/C17H23N3S/c1-16(2,3)18-12-9-14-19-20-15(21-14)17(10-11-17)13-7-5-4-6-8-13/h4-8,18H,9-12H2,1-3H3. The molecule has 3 nitrogen and oxygen atoms in total. The topological polar surface area (TPSA) is 37.8 Å². The highest BCUT2D eigenvalue weighted by atomic mass is 32.1. The van der Waals surface area contributed by atoms with Gasteiger partial charge in [-0.25, -0.2) is 0 Å². The average Bonchev–Trinajstić information content (AvgIpc) is 3.12. The van der Waals surface area contributed by atoms with Crippen LogP contribution in [0.25, 0.3) is 0 Å². The van der Waals surface area contributed by atoms with Crippen molar-refractivity contribution in [1.82, 2.24) is 15.5 Å². The Morgan fingerprint density at radius 2 is 1.86 bits per heavy atom. The van der Waals surface area contributed by atoms with Crippen molar-refractivity contribution in [2.75, 3.05) is 6.54 Å². The molecule has 1 aliphatic carbocycles. The van der Waals surface area contributed by atoms with Gasteiger partial charge in [0.15, 0.2) is 0 Å². The molecule has 2 aromatic rings. The summed E-state index contributed by atoms with van der Waals surface area (Å²) in [4.78, 5) is 0. The molecule has 0 aliphatic heterocycles. The van der Waals surface area contributed by atoms with Crippen LogP contribution in [-0.2, 0) is 11.8 Å². The Labute approximate surface area is 130 Å². The number of rotatable bonds is 5. The van der Waals surface area contributed by atoms with Gasteiger partial charge in [-0.1, -0.05) is 30.3 Å². The maximum atomic E-state index is 4.48. The fourth-order valence-corrected chi connectivity index (χ4v) is 3.71. The number of hydrogen-bond donors (Lipinski definition) is 1. The van der Waals surface area contributed by atoms with Gasteiger partial charge in [-0.2, -0.15) is 0 Å². The van der Waals surface area contributed by atoms with E-state index in [2.05, 4.69) is 66.6 Å². The summed E-state index contributed by atoms with van der Waals surface area (Å²) >= 11 is 1.79.